The van der Waals surface area contributed by atoms with Gasteiger partial charge in [-0.15, -0.1) is 0 Å². The molecule has 0 heterocycles. The molecule has 0 aromatic carbocycles. The molecule has 0 fully saturated rings. The Balaban J connectivity index is 0. The van der Waals surface area contributed by atoms with E-state index in [1.54, 1.807) is 0 Å². The van der Waals surface area contributed by atoms with Gasteiger partial charge in [0.2, 0.25) is 5.91 Å². The summed E-state index contributed by atoms with van der Waals surface area (Å²) in [6.07, 6.45) is 12.4. The molecular weight excluding hydrogens is 212 g/mol. The maximum atomic E-state index is 11.0. The van der Waals surface area contributed by atoms with Crippen molar-refractivity contribution in [3.05, 3.63) is 0 Å². The average molecular weight is 244 g/mol. The third-order valence-corrected chi connectivity index (χ3v) is 3.30. The Hall–Kier alpha value is -0.570. The van der Waals surface area contributed by atoms with Crippen LogP contribution >= 0.6 is 0 Å². The Morgan fingerprint density at radius 2 is 1.41 bits per heavy atom. The van der Waals surface area contributed by atoms with E-state index in [9.17, 15) is 4.79 Å². The maximum absolute atomic E-state index is 11.0. The maximum Gasteiger partial charge on any atom is 0.220 e. The summed E-state index contributed by atoms with van der Waals surface area (Å²) in [5, 5.41) is 0. The summed E-state index contributed by atoms with van der Waals surface area (Å²) in [7, 11) is 0. The summed E-state index contributed by atoms with van der Waals surface area (Å²) in [5.74, 6) is -0.00876. The van der Waals surface area contributed by atoms with E-state index in [1.807, 2.05) is 6.92 Å². The molecule has 0 rings (SSSR count). The van der Waals surface area contributed by atoms with Crippen molar-refractivity contribution in [1.82, 2.24) is 6.15 Å². The highest BCUT2D eigenvalue weighted by Gasteiger charge is 2.11. The van der Waals surface area contributed by atoms with Crippen molar-refractivity contribution in [1.29, 1.82) is 0 Å². The summed E-state index contributed by atoms with van der Waals surface area (Å²) in [5.41, 5.74) is 5.30. The van der Waals surface area contributed by atoms with E-state index in [-0.39, 0.29) is 18.0 Å². The molecule has 0 aliphatic heterocycles. The Morgan fingerprint density at radius 3 is 1.82 bits per heavy atom. The van der Waals surface area contributed by atoms with Gasteiger partial charge >= 0.3 is 0 Å². The Kier molecular flexibility index (Phi) is 14.9. The number of nitrogens with two attached hydrogens (primary N) is 1. The Labute approximate surface area is 107 Å². The van der Waals surface area contributed by atoms with Crippen LogP contribution in [-0.2, 0) is 4.79 Å². The highest BCUT2D eigenvalue weighted by molar-refractivity contribution is 5.76. The van der Waals surface area contributed by atoms with E-state index in [0.717, 1.165) is 19.3 Å². The molecular formula is C14H32N2O. The standard InChI is InChI=1S/C14H29NO.H3N/c1-3-5-6-7-8-9-10-11-12-13(4-2)14(15)16;/h13H,3-12H2,1-2H3,(H2,15,16);1H3. The van der Waals surface area contributed by atoms with Crippen LogP contribution in [0.25, 0.3) is 0 Å². The predicted octanol–water partition coefficient (Wildman–Crippen LogP) is 4.19. The number of carbonyl (C=O) groups excluding carboxylic acids is 1. The zero-order valence-electron chi connectivity index (χ0n) is 11.8. The molecule has 0 aromatic rings. The minimum atomic E-state index is -0.120. The lowest BCUT2D eigenvalue weighted by atomic mass is 9.97. The summed E-state index contributed by atoms with van der Waals surface area (Å²) in [6.45, 7) is 4.29. The second-order valence-corrected chi connectivity index (χ2v) is 4.77. The van der Waals surface area contributed by atoms with Crippen molar-refractivity contribution in [2.24, 2.45) is 11.7 Å². The van der Waals surface area contributed by atoms with E-state index in [0.29, 0.717) is 0 Å². The van der Waals surface area contributed by atoms with Gasteiger partial charge in [0.15, 0.2) is 0 Å². The minimum absolute atomic E-state index is 0. The first-order valence-electron chi connectivity index (χ1n) is 7.01. The van der Waals surface area contributed by atoms with Crippen LogP contribution in [0.3, 0.4) is 0 Å². The van der Waals surface area contributed by atoms with Gasteiger partial charge in [0.05, 0.1) is 0 Å². The summed E-state index contributed by atoms with van der Waals surface area (Å²) < 4.78 is 0. The number of hydrogen-bond donors (Lipinski definition) is 2. The molecule has 5 N–H and O–H groups in total. The van der Waals surface area contributed by atoms with Gasteiger partial charge in [-0.2, -0.15) is 0 Å². The van der Waals surface area contributed by atoms with Crippen molar-refractivity contribution in [3.8, 4) is 0 Å². The molecule has 0 spiro atoms. The molecule has 0 radical (unpaired) electrons. The Morgan fingerprint density at radius 1 is 0.941 bits per heavy atom. The van der Waals surface area contributed by atoms with Crippen LogP contribution in [0.2, 0.25) is 0 Å². The van der Waals surface area contributed by atoms with Crippen LogP contribution in [0.5, 0.6) is 0 Å². The fourth-order valence-corrected chi connectivity index (χ4v) is 2.07. The lowest BCUT2D eigenvalue weighted by Gasteiger charge is -2.09. The molecule has 17 heavy (non-hydrogen) atoms. The molecule has 0 aliphatic carbocycles. The van der Waals surface area contributed by atoms with Gasteiger partial charge in [0.1, 0.15) is 0 Å². The number of primary amides is 1. The SMILES string of the molecule is CCCCCCCCCCC(CC)C(N)=O.N. The van der Waals surface area contributed by atoms with Crippen LogP contribution < -0.4 is 11.9 Å². The highest BCUT2D eigenvalue weighted by Crippen LogP contribution is 2.15. The van der Waals surface area contributed by atoms with Crippen LogP contribution in [0, 0.1) is 5.92 Å². The van der Waals surface area contributed by atoms with Crippen LogP contribution in [0.4, 0.5) is 0 Å². The summed E-state index contributed by atoms with van der Waals surface area (Å²) >= 11 is 0. The zero-order valence-corrected chi connectivity index (χ0v) is 11.8. The number of hydrogen-bond acceptors (Lipinski definition) is 2. The normalized spacial score (nSPS) is 11.9. The summed E-state index contributed by atoms with van der Waals surface area (Å²) in [6, 6.07) is 0. The van der Waals surface area contributed by atoms with Gasteiger partial charge < -0.3 is 11.9 Å². The molecule has 0 saturated carbocycles. The van der Waals surface area contributed by atoms with Crippen LogP contribution in [-0.4, -0.2) is 5.91 Å². The third-order valence-electron chi connectivity index (χ3n) is 3.30. The van der Waals surface area contributed by atoms with Gasteiger partial charge in [0.25, 0.3) is 0 Å². The van der Waals surface area contributed by atoms with Gasteiger partial charge in [-0.05, 0) is 12.8 Å². The monoisotopic (exact) mass is 244 g/mol. The number of carbonyl (C=O) groups is 1. The minimum Gasteiger partial charge on any atom is -0.369 e. The van der Waals surface area contributed by atoms with E-state index >= 15 is 0 Å². The molecule has 0 bridgehead atoms. The van der Waals surface area contributed by atoms with Crippen LogP contribution in [0.1, 0.15) is 78.1 Å². The van der Waals surface area contributed by atoms with Crippen LogP contribution in [0.15, 0.2) is 0 Å². The lowest BCUT2D eigenvalue weighted by molar-refractivity contribution is -0.122. The predicted molar refractivity (Wildman–Crippen MR) is 75.2 cm³/mol. The quantitative estimate of drug-likeness (QED) is 0.534. The average Bonchev–Trinajstić information content (AvgIpc) is 2.26. The first-order chi connectivity index (χ1) is 7.72. The fraction of sp³-hybridized carbons (Fsp3) is 0.929. The molecule has 1 amide bonds. The van der Waals surface area contributed by atoms with Gasteiger partial charge in [-0.3, -0.25) is 4.79 Å². The van der Waals surface area contributed by atoms with Crippen molar-refractivity contribution < 1.29 is 4.79 Å². The Bertz CT molecular complexity index is 172. The van der Waals surface area contributed by atoms with E-state index in [4.69, 9.17) is 5.73 Å². The largest absolute Gasteiger partial charge is 0.369 e. The molecule has 0 saturated heterocycles. The van der Waals surface area contributed by atoms with E-state index in [1.165, 1.54) is 44.9 Å². The second kappa shape index (κ2) is 13.5. The molecule has 0 aromatic heterocycles. The van der Waals surface area contributed by atoms with Gasteiger partial charge in [0, 0.05) is 5.92 Å². The van der Waals surface area contributed by atoms with Crippen molar-refractivity contribution in [3.63, 3.8) is 0 Å². The first-order valence-corrected chi connectivity index (χ1v) is 7.01. The number of unbranched alkanes of at least 4 members (excludes halogenated alkanes) is 7. The molecule has 104 valence electrons. The van der Waals surface area contributed by atoms with Crippen molar-refractivity contribution in [2.45, 2.75) is 78.1 Å². The van der Waals surface area contributed by atoms with Gasteiger partial charge in [-0.1, -0.05) is 65.2 Å². The highest BCUT2D eigenvalue weighted by atomic mass is 16.1. The topological polar surface area (TPSA) is 78.1 Å². The first kappa shape index (κ1) is 18.8. The molecule has 1 atom stereocenters. The molecule has 1 unspecified atom stereocenters. The van der Waals surface area contributed by atoms with E-state index in [2.05, 4.69) is 6.92 Å². The molecule has 0 aliphatic rings. The molecule has 3 heteroatoms. The van der Waals surface area contributed by atoms with E-state index < -0.39 is 0 Å². The van der Waals surface area contributed by atoms with Gasteiger partial charge in [-0.25, -0.2) is 0 Å². The smallest absolute Gasteiger partial charge is 0.220 e. The van der Waals surface area contributed by atoms with Crippen molar-refractivity contribution >= 4 is 5.91 Å². The third kappa shape index (κ3) is 11.7. The number of amides is 1. The lowest BCUT2D eigenvalue weighted by Crippen LogP contribution is -2.22. The fourth-order valence-electron chi connectivity index (χ4n) is 2.07. The van der Waals surface area contributed by atoms with Crippen molar-refractivity contribution in [2.75, 3.05) is 0 Å². The number of rotatable bonds is 11. The second-order valence-electron chi connectivity index (χ2n) is 4.77. The molecule has 3 nitrogen and oxygen atoms in total. The zero-order chi connectivity index (χ0) is 12.2. The summed E-state index contributed by atoms with van der Waals surface area (Å²) in [4.78, 5) is 11.0.